The van der Waals surface area contributed by atoms with E-state index in [1.165, 1.54) is 5.56 Å². The molecule has 0 aliphatic rings. The van der Waals surface area contributed by atoms with Crippen LogP contribution in [0.1, 0.15) is 26.3 Å². The van der Waals surface area contributed by atoms with Gasteiger partial charge in [0.1, 0.15) is 18.6 Å². The van der Waals surface area contributed by atoms with Gasteiger partial charge in [0.2, 0.25) is 0 Å². The molecule has 19 heavy (non-hydrogen) atoms. The molecule has 0 radical (unpaired) electrons. The second-order valence-corrected chi connectivity index (χ2v) is 3.64. The van der Waals surface area contributed by atoms with Gasteiger partial charge in [-0.1, -0.05) is 26.0 Å². The first-order chi connectivity index (χ1) is 9.01. The number of carbonyl (C=O) groups is 2. The molecule has 0 saturated heterocycles. The van der Waals surface area contributed by atoms with Gasteiger partial charge < -0.3 is 20.3 Å². The van der Waals surface area contributed by atoms with Crippen LogP contribution in [-0.2, 0) is 16.0 Å². The third-order valence-corrected chi connectivity index (χ3v) is 2.23. The summed E-state index contributed by atoms with van der Waals surface area (Å²) in [6.07, 6.45) is 1.03. The molecule has 0 amide bonds. The van der Waals surface area contributed by atoms with Crippen LogP contribution in [0.15, 0.2) is 24.3 Å². The predicted octanol–water partition coefficient (Wildman–Crippen LogP) is 1.84. The van der Waals surface area contributed by atoms with E-state index in [9.17, 15) is 4.79 Å². The SMILES string of the molecule is C=O.CCNC(C)C(=O)O.CCc1ccc(O)cc1. The number of aryl methyl sites for hydroxylation is 1. The highest BCUT2D eigenvalue weighted by atomic mass is 16.4. The minimum absolute atomic E-state index is 0.340. The minimum atomic E-state index is -0.799. The Morgan fingerprint density at radius 2 is 1.74 bits per heavy atom. The molecular formula is C14H23NO4. The fraction of sp³-hybridized carbons (Fsp3) is 0.429. The van der Waals surface area contributed by atoms with Crippen molar-refractivity contribution in [3.63, 3.8) is 0 Å². The molecule has 1 atom stereocenters. The van der Waals surface area contributed by atoms with Gasteiger partial charge in [0, 0.05) is 0 Å². The molecule has 0 bridgehead atoms. The molecule has 1 rings (SSSR count). The highest BCUT2D eigenvalue weighted by Crippen LogP contribution is 2.09. The Morgan fingerprint density at radius 3 is 2.00 bits per heavy atom. The summed E-state index contributed by atoms with van der Waals surface area (Å²) in [5.74, 6) is -0.459. The highest BCUT2D eigenvalue weighted by molar-refractivity contribution is 5.72. The summed E-state index contributed by atoms with van der Waals surface area (Å²) in [7, 11) is 0. The number of likely N-dealkylation sites (N-methyl/N-ethyl adjacent to an activating group) is 1. The van der Waals surface area contributed by atoms with Crippen molar-refractivity contribution in [3.05, 3.63) is 29.8 Å². The van der Waals surface area contributed by atoms with Crippen molar-refractivity contribution in [3.8, 4) is 5.75 Å². The number of nitrogens with one attached hydrogen (secondary N) is 1. The smallest absolute Gasteiger partial charge is 0.320 e. The summed E-state index contributed by atoms with van der Waals surface area (Å²) < 4.78 is 0. The molecule has 0 aliphatic heterocycles. The maximum atomic E-state index is 10.0. The topological polar surface area (TPSA) is 86.6 Å². The number of carboxylic acids is 1. The van der Waals surface area contributed by atoms with Crippen molar-refractivity contribution in [2.75, 3.05) is 6.54 Å². The first-order valence-electron chi connectivity index (χ1n) is 6.04. The number of carbonyl (C=O) groups excluding carboxylic acids is 1. The van der Waals surface area contributed by atoms with E-state index in [4.69, 9.17) is 15.0 Å². The summed E-state index contributed by atoms with van der Waals surface area (Å²) in [6.45, 7) is 8.28. The summed E-state index contributed by atoms with van der Waals surface area (Å²) in [6, 6.07) is 6.85. The zero-order valence-corrected chi connectivity index (χ0v) is 11.7. The summed E-state index contributed by atoms with van der Waals surface area (Å²) in [5.41, 5.74) is 1.26. The number of benzene rings is 1. The molecule has 0 aliphatic carbocycles. The van der Waals surface area contributed by atoms with Gasteiger partial charge >= 0.3 is 5.97 Å². The normalized spacial score (nSPS) is 10.3. The lowest BCUT2D eigenvalue weighted by Crippen LogP contribution is -2.33. The van der Waals surface area contributed by atoms with Crippen LogP contribution >= 0.6 is 0 Å². The molecule has 0 fully saturated rings. The van der Waals surface area contributed by atoms with Crippen LogP contribution in [0, 0.1) is 0 Å². The number of phenolic OH excluding ortho intramolecular Hbond substituents is 1. The second kappa shape index (κ2) is 12.6. The van der Waals surface area contributed by atoms with Crippen molar-refractivity contribution in [2.24, 2.45) is 0 Å². The van der Waals surface area contributed by atoms with Gasteiger partial charge in [0.15, 0.2) is 0 Å². The molecular weight excluding hydrogens is 246 g/mol. The van der Waals surface area contributed by atoms with Crippen molar-refractivity contribution in [2.45, 2.75) is 33.2 Å². The van der Waals surface area contributed by atoms with Gasteiger partial charge in [-0.2, -0.15) is 0 Å². The Morgan fingerprint density at radius 1 is 1.26 bits per heavy atom. The summed E-state index contributed by atoms with van der Waals surface area (Å²) in [4.78, 5) is 18.0. The van der Waals surface area contributed by atoms with Crippen molar-refractivity contribution < 1.29 is 19.8 Å². The maximum Gasteiger partial charge on any atom is 0.320 e. The predicted molar refractivity (Wildman–Crippen MR) is 75.4 cm³/mol. The molecule has 108 valence electrons. The molecule has 5 heteroatoms. The molecule has 1 aromatic rings. The number of aliphatic carboxylic acids is 1. The average Bonchev–Trinajstić information content (AvgIpc) is 2.43. The Labute approximate surface area is 114 Å². The first-order valence-corrected chi connectivity index (χ1v) is 6.04. The number of rotatable bonds is 4. The molecule has 1 aromatic carbocycles. The third kappa shape index (κ3) is 11.0. The monoisotopic (exact) mass is 269 g/mol. The Balaban J connectivity index is 0. The lowest BCUT2D eigenvalue weighted by molar-refractivity contribution is -0.138. The van der Waals surface area contributed by atoms with E-state index < -0.39 is 12.0 Å². The van der Waals surface area contributed by atoms with Crippen LogP contribution in [0.25, 0.3) is 0 Å². The van der Waals surface area contributed by atoms with Crippen molar-refractivity contribution in [1.29, 1.82) is 0 Å². The summed E-state index contributed by atoms with van der Waals surface area (Å²) in [5, 5.41) is 19.8. The zero-order valence-electron chi connectivity index (χ0n) is 11.7. The molecule has 0 saturated carbocycles. The Bertz CT molecular complexity index is 338. The molecule has 0 heterocycles. The van der Waals surface area contributed by atoms with E-state index in [1.54, 1.807) is 19.1 Å². The van der Waals surface area contributed by atoms with Gasteiger partial charge in [-0.3, -0.25) is 4.79 Å². The number of carboxylic acid groups (broad SMARTS) is 1. The second-order valence-electron chi connectivity index (χ2n) is 3.64. The molecule has 1 unspecified atom stereocenters. The third-order valence-electron chi connectivity index (χ3n) is 2.23. The minimum Gasteiger partial charge on any atom is -0.508 e. The van der Waals surface area contributed by atoms with Crippen LogP contribution in [0.5, 0.6) is 5.75 Å². The highest BCUT2D eigenvalue weighted by Gasteiger charge is 2.06. The van der Waals surface area contributed by atoms with E-state index in [-0.39, 0.29) is 0 Å². The van der Waals surface area contributed by atoms with E-state index in [0.717, 1.165) is 6.42 Å². The van der Waals surface area contributed by atoms with Crippen LogP contribution in [0.4, 0.5) is 0 Å². The van der Waals surface area contributed by atoms with E-state index in [1.807, 2.05) is 25.8 Å². The molecule has 5 nitrogen and oxygen atoms in total. The van der Waals surface area contributed by atoms with Crippen molar-refractivity contribution >= 4 is 12.8 Å². The van der Waals surface area contributed by atoms with Crippen LogP contribution in [-0.4, -0.2) is 35.6 Å². The molecule has 0 spiro atoms. The van der Waals surface area contributed by atoms with Gasteiger partial charge in [-0.15, -0.1) is 0 Å². The van der Waals surface area contributed by atoms with Gasteiger partial charge in [0.25, 0.3) is 0 Å². The zero-order chi connectivity index (χ0) is 15.3. The number of aromatic hydroxyl groups is 1. The molecule has 0 aromatic heterocycles. The largest absolute Gasteiger partial charge is 0.508 e. The average molecular weight is 269 g/mol. The lowest BCUT2D eigenvalue weighted by Gasteiger charge is -2.03. The number of hydrogen-bond donors (Lipinski definition) is 3. The van der Waals surface area contributed by atoms with Crippen LogP contribution in [0.2, 0.25) is 0 Å². The lowest BCUT2D eigenvalue weighted by atomic mass is 10.2. The van der Waals surface area contributed by atoms with E-state index in [0.29, 0.717) is 12.3 Å². The van der Waals surface area contributed by atoms with Crippen molar-refractivity contribution in [1.82, 2.24) is 5.32 Å². The van der Waals surface area contributed by atoms with Crippen LogP contribution < -0.4 is 5.32 Å². The van der Waals surface area contributed by atoms with E-state index in [2.05, 4.69) is 12.2 Å². The Kier molecular flexibility index (Phi) is 12.9. The number of hydrogen-bond acceptors (Lipinski definition) is 4. The quantitative estimate of drug-likeness (QED) is 0.776. The summed E-state index contributed by atoms with van der Waals surface area (Å²) >= 11 is 0. The molecule has 3 N–H and O–H groups in total. The van der Waals surface area contributed by atoms with Gasteiger partial charge in [-0.25, -0.2) is 0 Å². The van der Waals surface area contributed by atoms with Crippen LogP contribution in [0.3, 0.4) is 0 Å². The fourth-order valence-corrected chi connectivity index (χ4v) is 1.13. The Hall–Kier alpha value is -1.88. The first kappa shape index (κ1) is 19.5. The maximum absolute atomic E-state index is 10.0. The standard InChI is InChI=1S/C8H10O.C5H11NO2.CH2O/c1-2-7-3-5-8(9)6-4-7;1-3-6-4(2)5(7)8;1-2/h3-6,9H,2H2,1H3;4,6H,3H2,1-2H3,(H,7,8);1H2. The number of phenols is 1. The van der Waals surface area contributed by atoms with E-state index >= 15 is 0 Å². The van der Waals surface area contributed by atoms with Gasteiger partial charge in [0.05, 0.1) is 0 Å². The fourth-order valence-electron chi connectivity index (χ4n) is 1.13. The van der Waals surface area contributed by atoms with Gasteiger partial charge in [-0.05, 0) is 37.6 Å².